The van der Waals surface area contributed by atoms with Crippen LogP contribution in [0, 0.1) is 27.7 Å². The number of sulfonamides is 1. The number of nitrogens with two attached hydrogens (primary N) is 1. The molecule has 1 aliphatic rings. The van der Waals surface area contributed by atoms with Crippen molar-refractivity contribution in [3.05, 3.63) is 52.1 Å². The fourth-order valence-electron chi connectivity index (χ4n) is 3.77. The van der Waals surface area contributed by atoms with Gasteiger partial charge >= 0.3 is 0 Å². The lowest BCUT2D eigenvalue weighted by Crippen LogP contribution is -2.37. The first-order chi connectivity index (χ1) is 13.0. The third kappa shape index (κ3) is 3.83. The number of carbonyl (C=O) groups is 1. The summed E-state index contributed by atoms with van der Waals surface area (Å²) in [6.45, 7) is 10.4. The number of anilines is 1. The zero-order valence-corrected chi connectivity index (χ0v) is 18.5. The van der Waals surface area contributed by atoms with E-state index in [9.17, 15) is 13.2 Å². The number of aryl methyl sites for hydroxylation is 2. The lowest BCUT2D eigenvalue weighted by molar-refractivity contribution is -0.116. The summed E-state index contributed by atoms with van der Waals surface area (Å²) < 4.78 is 23.2. The van der Waals surface area contributed by atoms with E-state index in [-0.39, 0.29) is 16.8 Å². The van der Waals surface area contributed by atoms with E-state index in [4.69, 9.17) is 5.14 Å². The first-order valence-electron chi connectivity index (χ1n) is 9.18. The topological polar surface area (TPSA) is 80.5 Å². The smallest absolute Gasteiger partial charge is 0.238 e. The zero-order chi connectivity index (χ0) is 20.8. The maximum atomic E-state index is 13.0. The monoisotopic (exact) mass is 418 g/mol. The van der Waals surface area contributed by atoms with Crippen molar-refractivity contribution in [1.29, 1.82) is 0 Å². The van der Waals surface area contributed by atoms with Gasteiger partial charge in [0.25, 0.3) is 0 Å². The molecule has 0 bridgehead atoms. The van der Waals surface area contributed by atoms with Crippen LogP contribution in [0.15, 0.2) is 34.1 Å². The predicted molar refractivity (Wildman–Crippen MR) is 115 cm³/mol. The summed E-state index contributed by atoms with van der Waals surface area (Å²) in [5, 5.41) is 5.23. The van der Waals surface area contributed by atoms with Crippen molar-refractivity contribution in [2.24, 2.45) is 5.14 Å². The van der Waals surface area contributed by atoms with E-state index in [0.717, 1.165) is 11.3 Å². The molecule has 1 atom stereocenters. The van der Waals surface area contributed by atoms with Crippen LogP contribution in [0.5, 0.6) is 0 Å². The van der Waals surface area contributed by atoms with Gasteiger partial charge in [-0.25, -0.2) is 13.6 Å². The quantitative estimate of drug-likeness (QED) is 0.769. The van der Waals surface area contributed by atoms with E-state index in [0.29, 0.717) is 12.2 Å². The summed E-state index contributed by atoms with van der Waals surface area (Å²) in [5.41, 5.74) is 6.51. The van der Waals surface area contributed by atoms with Gasteiger partial charge in [-0.05, 0) is 87.1 Å². The third-order valence-electron chi connectivity index (χ3n) is 5.50. The SMILES string of the molecule is Cc1cc(C)c(C)c(SCC(=O)N2c3ccc(S(N)(=O)=O)cc3C[C@H]2C)c1C. The fourth-order valence-corrected chi connectivity index (χ4v) is 5.49. The molecular formula is C21H26N2O3S2. The van der Waals surface area contributed by atoms with Gasteiger partial charge in [-0.1, -0.05) is 6.07 Å². The minimum absolute atomic E-state index is 0.0136. The second-order valence-electron chi connectivity index (χ2n) is 7.53. The Morgan fingerprint density at radius 1 is 1.14 bits per heavy atom. The average molecular weight is 419 g/mol. The normalized spacial score (nSPS) is 16.4. The molecule has 0 saturated heterocycles. The van der Waals surface area contributed by atoms with Crippen molar-refractivity contribution in [3.8, 4) is 0 Å². The summed E-state index contributed by atoms with van der Waals surface area (Å²) in [6, 6.07) is 6.91. The largest absolute Gasteiger partial charge is 0.308 e. The van der Waals surface area contributed by atoms with Crippen LogP contribution in [-0.4, -0.2) is 26.1 Å². The number of rotatable bonds is 4. The zero-order valence-electron chi connectivity index (χ0n) is 16.9. The molecule has 3 rings (SSSR count). The molecule has 5 nitrogen and oxygen atoms in total. The highest BCUT2D eigenvalue weighted by molar-refractivity contribution is 8.00. The average Bonchev–Trinajstić information content (AvgIpc) is 2.94. The van der Waals surface area contributed by atoms with Crippen LogP contribution in [0.3, 0.4) is 0 Å². The van der Waals surface area contributed by atoms with Crippen molar-refractivity contribution >= 4 is 33.4 Å². The molecule has 1 aliphatic heterocycles. The van der Waals surface area contributed by atoms with E-state index < -0.39 is 10.0 Å². The second-order valence-corrected chi connectivity index (χ2v) is 10.1. The molecule has 0 saturated carbocycles. The minimum atomic E-state index is -3.75. The minimum Gasteiger partial charge on any atom is -0.308 e. The van der Waals surface area contributed by atoms with E-state index in [2.05, 4.69) is 33.8 Å². The standard InChI is InChI=1S/C21H26N2O3S2/c1-12-8-13(2)16(5)21(15(12)4)27-11-20(24)23-14(3)9-17-10-18(28(22,25)26)6-7-19(17)23/h6-8,10,14H,9,11H2,1-5H3,(H2,22,25,26)/t14-/m1/s1. The summed E-state index contributed by atoms with van der Waals surface area (Å²) in [7, 11) is -3.75. The molecule has 0 aromatic heterocycles. The highest BCUT2D eigenvalue weighted by Gasteiger charge is 2.31. The van der Waals surface area contributed by atoms with Gasteiger partial charge in [0.15, 0.2) is 0 Å². The van der Waals surface area contributed by atoms with Crippen LogP contribution in [0.2, 0.25) is 0 Å². The van der Waals surface area contributed by atoms with Crippen molar-refractivity contribution in [2.45, 2.75) is 56.9 Å². The Labute approximate surface area is 171 Å². The Kier molecular flexibility index (Phi) is 5.62. The molecule has 150 valence electrons. The Morgan fingerprint density at radius 2 is 1.75 bits per heavy atom. The number of carbonyl (C=O) groups excluding carboxylic acids is 1. The van der Waals surface area contributed by atoms with Gasteiger partial charge in [0.05, 0.1) is 10.6 Å². The first-order valence-corrected chi connectivity index (χ1v) is 11.7. The third-order valence-corrected chi connectivity index (χ3v) is 7.70. The Balaban J connectivity index is 1.84. The van der Waals surface area contributed by atoms with E-state index >= 15 is 0 Å². The first kappa shape index (κ1) is 20.9. The summed E-state index contributed by atoms with van der Waals surface area (Å²) in [6.07, 6.45) is 0.622. The maximum absolute atomic E-state index is 13.0. The number of fused-ring (bicyclic) bond motifs is 1. The van der Waals surface area contributed by atoms with Crippen molar-refractivity contribution in [2.75, 3.05) is 10.7 Å². The highest BCUT2D eigenvalue weighted by Crippen LogP contribution is 2.36. The molecule has 0 spiro atoms. The molecule has 0 unspecified atom stereocenters. The van der Waals surface area contributed by atoms with Gasteiger partial charge < -0.3 is 4.90 Å². The highest BCUT2D eigenvalue weighted by atomic mass is 32.2. The van der Waals surface area contributed by atoms with Crippen LogP contribution < -0.4 is 10.0 Å². The molecule has 2 aromatic carbocycles. The Bertz CT molecular complexity index is 1040. The number of hydrogen-bond acceptors (Lipinski definition) is 4. The molecule has 28 heavy (non-hydrogen) atoms. The fraction of sp³-hybridized carbons (Fsp3) is 0.381. The van der Waals surface area contributed by atoms with Crippen molar-refractivity contribution < 1.29 is 13.2 Å². The second kappa shape index (κ2) is 7.54. The van der Waals surface area contributed by atoms with Crippen LogP contribution in [0.4, 0.5) is 5.69 Å². The van der Waals surface area contributed by atoms with Crippen molar-refractivity contribution in [3.63, 3.8) is 0 Å². The molecule has 0 fully saturated rings. The van der Waals surface area contributed by atoms with E-state index in [1.165, 1.54) is 33.2 Å². The van der Waals surface area contributed by atoms with Gasteiger partial charge in [0, 0.05) is 16.6 Å². The maximum Gasteiger partial charge on any atom is 0.238 e. The number of hydrogen-bond donors (Lipinski definition) is 1. The number of benzene rings is 2. The molecule has 1 amide bonds. The van der Waals surface area contributed by atoms with Crippen LogP contribution in [0.25, 0.3) is 0 Å². The lowest BCUT2D eigenvalue weighted by atomic mass is 10.0. The molecular weight excluding hydrogens is 392 g/mol. The van der Waals surface area contributed by atoms with Crippen LogP contribution in [-0.2, 0) is 21.2 Å². The van der Waals surface area contributed by atoms with Crippen LogP contribution >= 0.6 is 11.8 Å². The number of amides is 1. The van der Waals surface area contributed by atoms with Gasteiger partial charge in [0.1, 0.15) is 0 Å². The predicted octanol–water partition coefficient (Wildman–Crippen LogP) is 3.64. The molecule has 2 aromatic rings. The Hall–Kier alpha value is -1.83. The molecule has 7 heteroatoms. The lowest BCUT2D eigenvalue weighted by Gasteiger charge is -2.23. The van der Waals surface area contributed by atoms with Gasteiger partial charge in [-0.3, -0.25) is 4.79 Å². The summed E-state index contributed by atoms with van der Waals surface area (Å²) in [5.74, 6) is 0.364. The number of thioether (sulfide) groups is 1. The molecule has 0 radical (unpaired) electrons. The van der Waals surface area contributed by atoms with Gasteiger partial charge in [-0.2, -0.15) is 0 Å². The van der Waals surface area contributed by atoms with Gasteiger partial charge in [0.2, 0.25) is 15.9 Å². The number of primary sulfonamides is 1. The van der Waals surface area contributed by atoms with E-state index in [1.54, 1.807) is 28.8 Å². The summed E-state index contributed by atoms with van der Waals surface area (Å²) in [4.78, 5) is 16.1. The van der Waals surface area contributed by atoms with Gasteiger partial charge in [-0.15, -0.1) is 11.8 Å². The molecule has 0 aliphatic carbocycles. The van der Waals surface area contributed by atoms with E-state index in [1.807, 2.05) is 6.92 Å². The molecule has 2 N–H and O–H groups in total. The van der Waals surface area contributed by atoms with Crippen molar-refractivity contribution in [1.82, 2.24) is 0 Å². The van der Waals surface area contributed by atoms with Crippen LogP contribution in [0.1, 0.15) is 34.7 Å². The molecule has 1 heterocycles. The Morgan fingerprint density at radius 3 is 2.32 bits per heavy atom. The number of nitrogens with zero attached hydrogens (tertiary/aromatic N) is 1. The summed E-state index contributed by atoms with van der Waals surface area (Å²) >= 11 is 1.57.